The van der Waals surface area contributed by atoms with Crippen molar-refractivity contribution in [3.63, 3.8) is 0 Å². The first-order chi connectivity index (χ1) is 7.66. The molecule has 0 N–H and O–H groups in total. The minimum Gasteiger partial charge on any atom is -0.251 e. The van der Waals surface area contributed by atoms with Crippen LogP contribution < -0.4 is 0 Å². The highest BCUT2D eigenvalue weighted by Crippen LogP contribution is 2.39. The standard InChI is InChI=1S/C9H4F6N2/c10-8(11,12)6-3-5(1-2-16)4-17-7(6)9(13,14)15/h3-4H,1H2. The Balaban J connectivity index is 3.39. The second-order valence-electron chi connectivity index (χ2n) is 3.07. The second kappa shape index (κ2) is 4.24. The first-order valence-electron chi connectivity index (χ1n) is 4.16. The summed E-state index contributed by atoms with van der Waals surface area (Å²) in [6.45, 7) is 0. The highest BCUT2D eigenvalue weighted by molar-refractivity contribution is 5.31. The summed E-state index contributed by atoms with van der Waals surface area (Å²) < 4.78 is 73.9. The number of nitrogens with zero attached hydrogens (tertiary/aromatic N) is 2. The fraction of sp³-hybridized carbons (Fsp3) is 0.333. The van der Waals surface area contributed by atoms with Crippen molar-refractivity contribution in [2.75, 3.05) is 0 Å². The van der Waals surface area contributed by atoms with Crippen LogP contribution in [-0.4, -0.2) is 4.98 Å². The third-order valence-electron chi connectivity index (χ3n) is 1.80. The summed E-state index contributed by atoms with van der Waals surface area (Å²) in [5.74, 6) is 0. The summed E-state index contributed by atoms with van der Waals surface area (Å²) in [7, 11) is 0. The zero-order chi connectivity index (χ0) is 13.3. The van der Waals surface area contributed by atoms with Crippen LogP contribution in [0.2, 0.25) is 0 Å². The average Bonchev–Trinajstić information content (AvgIpc) is 2.15. The Morgan fingerprint density at radius 1 is 1.12 bits per heavy atom. The van der Waals surface area contributed by atoms with Crippen molar-refractivity contribution in [3.8, 4) is 6.07 Å². The van der Waals surface area contributed by atoms with Gasteiger partial charge in [0.15, 0.2) is 5.69 Å². The zero-order valence-electron chi connectivity index (χ0n) is 8.02. The molecular weight excluding hydrogens is 250 g/mol. The van der Waals surface area contributed by atoms with Gasteiger partial charge in [0.1, 0.15) is 0 Å². The van der Waals surface area contributed by atoms with Crippen molar-refractivity contribution in [3.05, 3.63) is 29.1 Å². The number of alkyl halides is 6. The van der Waals surface area contributed by atoms with Crippen LogP contribution in [0.4, 0.5) is 26.3 Å². The lowest BCUT2D eigenvalue weighted by Gasteiger charge is -2.14. The molecule has 92 valence electrons. The molecule has 1 rings (SSSR count). The number of nitriles is 1. The molecule has 0 amide bonds. The van der Waals surface area contributed by atoms with Crippen LogP contribution >= 0.6 is 0 Å². The summed E-state index contributed by atoms with van der Waals surface area (Å²) >= 11 is 0. The van der Waals surface area contributed by atoms with E-state index in [0.717, 1.165) is 0 Å². The Morgan fingerprint density at radius 2 is 1.71 bits per heavy atom. The molecule has 1 aromatic rings. The maximum atomic E-state index is 12.4. The minimum absolute atomic E-state index is 0.215. The topological polar surface area (TPSA) is 36.7 Å². The fourth-order valence-electron chi connectivity index (χ4n) is 1.14. The number of hydrogen-bond acceptors (Lipinski definition) is 2. The van der Waals surface area contributed by atoms with Gasteiger partial charge in [-0.1, -0.05) is 0 Å². The minimum atomic E-state index is -5.18. The van der Waals surface area contributed by atoms with Gasteiger partial charge in [-0.2, -0.15) is 31.6 Å². The van der Waals surface area contributed by atoms with E-state index in [-0.39, 0.29) is 5.56 Å². The normalized spacial score (nSPS) is 12.3. The third kappa shape index (κ3) is 3.09. The summed E-state index contributed by atoms with van der Waals surface area (Å²) in [6.07, 6.45) is -10.2. The number of hydrogen-bond donors (Lipinski definition) is 0. The van der Waals surface area contributed by atoms with Crippen molar-refractivity contribution in [1.82, 2.24) is 4.98 Å². The highest BCUT2D eigenvalue weighted by atomic mass is 19.4. The molecule has 0 saturated heterocycles. The summed E-state index contributed by atoms with van der Waals surface area (Å²) in [5, 5.41) is 8.26. The Hall–Kier alpha value is -1.78. The molecule has 0 aliphatic rings. The van der Waals surface area contributed by atoms with E-state index in [1.807, 2.05) is 0 Å². The third-order valence-corrected chi connectivity index (χ3v) is 1.80. The van der Waals surface area contributed by atoms with Crippen LogP contribution in [-0.2, 0) is 18.8 Å². The van der Waals surface area contributed by atoms with Crippen LogP contribution in [0.5, 0.6) is 0 Å². The van der Waals surface area contributed by atoms with Gasteiger partial charge in [-0.3, -0.25) is 4.98 Å². The van der Waals surface area contributed by atoms with Gasteiger partial charge in [0.05, 0.1) is 18.1 Å². The number of pyridine rings is 1. The molecule has 0 fully saturated rings. The molecule has 0 unspecified atom stereocenters. The van der Waals surface area contributed by atoms with Gasteiger partial charge < -0.3 is 0 Å². The van der Waals surface area contributed by atoms with E-state index in [1.54, 1.807) is 0 Å². The van der Waals surface area contributed by atoms with Gasteiger partial charge >= 0.3 is 12.4 Å². The Kier molecular flexibility index (Phi) is 3.31. The molecule has 2 nitrogen and oxygen atoms in total. The largest absolute Gasteiger partial charge is 0.433 e. The SMILES string of the molecule is N#CCc1cnc(C(F)(F)F)c(C(F)(F)F)c1. The van der Waals surface area contributed by atoms with Gasteiger partial charge in [0.2, 0.25) is 0 Å². The molecule has 17 heavy (non-hydrogen) atoms. The van der Waals surface area contributed by atoms with Gasteiger partial charge in [0.25, 0.3) is 0 Å². The van der Waals surface area contributed by atoms with E-state index in [4.69, 9.17) is 5.26 Å². The summed E-state index contributed by atoms with van der Waals surface area (Å²) in [6, 6.07) is 1.82. The molecule has 0 saturated carbocycles. The molecule has 0 aliphatic heterocycles. The van der Waals surface area contributed by atoms with Gasteiger partial charge in [0, 0.05) is 6.20 Å². The van der Waals surface area contributed by atoms with Crippen molar-refractivity contribution in [2.24, 2.45) is 0 Å². The van der Waals surface area contributed by atoms with Crippen LogP contribution in [0, 0.1) is 11.3 Å². The fourth-order valence-corrected chi connectivity index (χ4v) is 1.14. The maximum absolute atomic E-state index is 12.4. The maximum Gasteiger partial charge on any atom is 0.433 e. The molecule has 8 heteroatoms. The lowest BCUT2D eigenvalue weighted by molar-refractivity contribution is -0.164. The predicted molar refractivity (Wildman–Crippen MR) is 43.6 cm³/mol. The monoisotopic (exact) mass is 254 g/mol. The number of rotatable bonds is 1. The van der Waals surface area contributed by atoms with Crippen molar-refractivity contribution in [1.29, 1.82) is 5.26 Å². The van der Waals surface area contributed by atoms with Gasteiger partial charge in [-0.05, 0) is 11.6 Å². The quantitative estimate of drug-likeness (QED) is 0.721. The van der Waals surface area contributed by atoms with Gasteiger partial charge in [-0.25, -0.2) is 0 Å². The number of aromatic nitrogens is 1. The zero-order valence-corrected chi connectivity index (χ0v) is 8.02. The molecule has 0 radical (unpaired) electrons. The van der Waals surface area contributed by atoms with E-state index in [1.165, 1.54) is 6.07 Å². The van der Waals surface area contributed by atoms with Crippen LogP contribution in [0.3, 0.4) is 0 Å². The molecule has 0 spiro atoms. The van der Waals surface area contributed by atoms with Crippen LogP contribution in [0.1, 0.15) is 16.8 Å². The van der Waals surface area contributed by atoms with Crippen molar-refractivity contribution < 1.29 is 26.3 Å². The average molecular weight is 254 g/mol. The Bertz CT molecular complexity index is 454. The number of halogens is 6. The smallest absolute Gasteiger partial charge is 0.251 e. The molecule has 1 aromatic heterocycles. The Labute approximate surface area is 91.5 Å². The Morgan fingerprint density at radius 3 is 2.12 bits per heavy atom. The van der Waals surface area contributed by atoms with Crippen LogP contribution in [0.25, 0.3) is 0 Å². The van der Waals surface area contributed by atoms with E-state index in [9.17, 15) is 26.3 Å². The molecule has 0 aromatic carbocycles. The predicted octanol–water partition coefficient (Wildman–Crippen LogP) is 3.19. The van der Waals surface area contributed by atoms with Crippen molar-refractivity contribution in [2.45, 2.75) is 18.8 Å². The van der Waals surface area contributed by atoms with E-state index >= 15 is 0 Å². The molecule has 0 bridgehead atoms. The summed E-state index contributed by atoms with van der Waals surface area (Å²) in [4.78, 5) is 2.74. The van der Waals surface area contributed by atoms with E-state index < -0.39 is 30.0 Å². The first-order valence-corrected chi connectivity index (χ1v) is 4.16. The molecular formula is C9H4F6N2. The molecule has 1 heterocycles. The van der Waals surface area contributed by atoms with E-state index in [2.05, 4.69) is 4.98 Å². The van der Waals surface area contributed by atoms with E-state index in [0.29, 0.717) is 12.3 Å². The molecule has 0 aliphatic carbocycles. The second-order valence-corrected chi connectivity index (χ2v) is 3.07. The highest BCUT2D eigenvalue weighted by Gasteiger charge is 2.44. The lowest BCUT2D eigenvalue weighted by Crippen LogP contribution is -2.18. The van der Waals surface area contributed by atoms with Crippen molar-refractivity contribution >= 4 is 0 Å². The first kappa shape index (κ1) is 13.3. The van der Waals surface area contributed by atoms with Gasteiger partial charge in [-0.15, -0.1) is 0 Å². The summed E-state index contributed by atoms with van der Waals surface area (Å²) in [5.41, 5.74) is -4.09. The molecule has 0 atom stereocenters. The van der Waals surface area contributed by atoms with Crippen LogP contribution in [0.15, 0.2) is 12.3 Å². The lowest BCUT2D eigenvalue weighted by atomic mass is 10.1.